The minimum Gasteiger partial charge on any atom is -0.349 e. The Kier molecular flexibility index (Phi) is 5.34. The van der Waals surface area contributed by atoms with E-state index in [2.05, 4.69) is 5.32 Å². The number of nitrogens with zero attached hydrogens (tertiary/aromatic N) is 1. The standard InChI is InChI=1S/C19H18ClFN2O2/c20-15-3-1-2-14(12-15)18(24)22-17-8-10-23(11-9-17)19(25)13-4-6-16(21)7-5-13/h1-7,12,17H,8-11H2,(H,22,24). The Labute approximate surface area is 150 Å². The quantitative estimate of drug-likeness (QED) is 0.910. The number of hydrogen-bond donors (Lipinski definition) is 1. The van der Waals surface area contributed by atoms with Crippen molar-refractivity contribution in [2.75, 3.05) is 13.1 Å². The van der Waals surface area contributed by atoms with Crippen LogP contribution in [0, 0.1) is 5.82 Å². The zero-order valence-electron chi connectivity index (χ0n) is 13.5. The maximum Gasteiger partial charge on any atom is 0.253 e. The molecule has 0 saturated carbocycles. The van der Waals surface area contributed by atoms with E-state index in [1.165, 1.54) is 24.3 Å². The van der Waals surface area contributed by atoms with Crippen molar-refractivity contribution >= 4 is 23.4 Å². The highest BCUT2D eigenvalue weighted by molar-refractivity contribution is 6.30. The third kappa shape index (κ3) is 4.37. The summed E-state index contributed by atoms with van der Waals surface area (Å²) in [7, 11) is 0. The summed E-state index contributed by atoms with van der Waals surface area (Å²) in [6.45, 7) is 1.10. The van der Waals surface area contributed by atoms with E-state index >= 15 is 0 Å². The Morgan fingerprint density at radius 1 is 1.04 bits per heavy atom. The van der Waals surface area contributed by atoms with Gasteiger partial charge in [-0.25, -0.2) is 4.39 Å². The van der Waals surface area contributed by atoms with E-state index < -0.39 is 0 Å². The Hall–Kier alpha value is -2.40. The van der Waals surface area contributed by atoms with Gasteiger partial charge >= 0.3 is 0 Å². The van der Waals surface area contributed by atoms with Gasteiger partial charge < -0.3 is 10.2 Å². The van der Waals surface area contributed by atoms with Crippen LogP contribution in [0.3, 0.4) is 0 Å². The lowest BCUT2D eigenvalue weighted by Crippen LogP contribution is -2.46. The van der Waals surface area contributed by atoms with Gasteiger partial charge in [-0.2, -0.15) is 0 Å². The van der Waals surface area contributed by atoms with Crippen LogP contribution in [0.5, 0.6) is 0 Å². The highest BCUT2D eigenvalue weighted by atomic mass is 35.5. The summed E-state index contributed by atoms with van der Waals surface area (Å²) in [5.41, 5.74) is 1.00. The summed E-state index contributed by atoms with van der Waals surface area (Å²) >= 11 is 5.91. The molecule has 1 saturated heterocycles. The number of hydrogen-bond acceptors (Lipinski definition) is 2. The number of benzene rings is 2. The Bertz CT molecular complexity index is 771. The zero-order valence-corrected chi connectivity index (χ0v) is 14.3. The summed E-state index contributed by atoms with van der Waals surface area (Å²) in [4.78, 5) is 26.4. The molecule has 1 fully saturated rings. The summed E-state index contributed by atoms with van der Waals surface area (Å²) in [5.74, 6) is -0.635. The van der Waals surface area contributed by atoms with E-state index in [9.17, 15) is 14.0 Å². The lowest BCUT2D eigenvalue weighted by Gasteiger charge is -2.32. The topological polar surface area (TPSA) is 49.4 Å². The van der Waals surface area contributed by atoms with Crippen molar-refractivity contribution in [1.82, 2.24) is 10.2 Å². The minimum atomic E-state index is -0.362. The average molecular weight is 361 g/mol. The van der Waals surface area contributed by atoms with E-state index in [1.807, 2.05) is 0 Å². The number of likely N-dealkylation sites (tertiary alicyclic amines) is 1. The normalized spacial score (nSPS) is 15.0. The summed E-state index contributed by atoms with van der Waals surface area (Å²) < 4.78 is 13.0. The molecule has 0 radical (unpaired) electrons. The monoisotopic (exact) mass is 360 g/mol. The molecule has 2 aromatic rings. The fourth-order valence-electron chi connectivity index (χ4n) is 2.90. The van der Waals surface area contributed by atoms with Gasteiger partial charge in [-0.15, -0.1) is 0 Å². The lowest BCUT2D eigenvalue weighted by atomic mass is 10.0. The molecule has 0 atom stereocenters. The lowest BCUT2D eigenvalue weighted by molar-refractivity contribution is 0.0698. The molecule has 0 aliphatic carbocycles. The number of carbonyl (C=O) groups excluding carboxylic acids is 2. The van der Waals surface area contributed by atoms with E-state index in [1.54, 1.807) is 29.2 Å². The Morgan fingerprint density at radius 3 is 2.36 bits per heavy atom. The van der Waals surface area contributed by atoms with Crippen molar-refractivity contribution in [1.29, 1.82) is 0 Å². The molecule has 1 aliphatic heterocycles. The predicted molar refractivity (Wildman–Crippen MR) is 94.2 cm³/mol. The number of carbonyl (C=O) groups is 2. The van der Waals surface area contributed by atoms with Crippen LogP contribution in [0.25, 0.3) is 0 Å². The largest absolute Gasteiger partial charge is 0.349 e. The van der Waals surface area contributed by atoms with Gasteiger partial charge in [0, 0.05) is 35.3 Å². The SMILES string of the molecule is O=C(NC1CCN(C(=O)c2ccc(F)cc2)CC1)c1cccc(Cl)c1. The molecular formula is C19H18ClFN2O2. The fraction of sp³-hybridized carbons (Fsp3) is 0.263. The van der Waals surface area contributed by atoms with Crippen molar-refractivity contribution in [3.05, 3.63) is 70.5 Å². The van der Waals surface area contributed by atoms with Gasteiger partial charge in [0.05, 0.1) is 0 Å². The van der Waals surface area contributed by atoms with Crippen LogP contribution in [0.15, 0.2) is 48.5 Å². The smallest absolute Gasteiger partial charge is 0.253 e. The van der Waals surface area contributed by atoms with Crippen LogP contribution in [-0.4, -0.2) is 35.8 Å². The average Bonchev–Trinajstić information content (AvgIpc) is 2.62. The van der Waals surface area contributed by atoms with Crippen LogP contribution < -0.4 is 5.32 Å². The molecule has 1 heterocycles. The first kappa shape index (κ1) is 17.4. The predicted octanol–water partition coefficient (Wildman–Crippen LogP) is 3.51. The highest BCUT2D eigenvalue weighted by Crippen LogP contribution is 2.16. The van der Waals surface area contributed by atoms with Gasteiger partial charge in [0.25, 0.3) is 11.8 Å². The van der Waals surface area contributed by atoms with Crippen LogP contribution in [-0.2, 0) is 0 Å². The van der Waals surface area contributed by atoms with Crippen LogP contribution in [0.1, 0.15) is 33.6 Å². The number of halogens is 2. The van der Waals surface area contributed by atoms with Gasteiger partial charge in [-0.05, 0) is 55.3 Å². The summed E-state index contributed by atoms with van der Waals surface area (Å²) in [6.07, 6.45) is 1.36. The van der Waals surface area contributed by atoms with Gasteiger partial charge in [0.15, 0.2) is 0 Å². The second-order valence-corrected chi connectivity index (χ2v) is 6.49. The Morgan fingerprint density at radius 2 is 1.72 bits per heavy atom. The molecular weight excluding hydrogens is 343 g/mol. The second kappa shape index (κ2) is 7.66. The second-order valence-electron chi connectivity index (χ2n) is 6.06. The van der Waals surface area contributed by atoms with Gasteiger partial charge in [-0.1, -0.05) is 17.7 Å². The molecule has 1 aliphatic rings. The third-order valence-corrected chi connectivity index (χ3v) is 4.53. The molecule has 25 heavy (non-hydrogen) atoms. The third-order valence-electron chi connectivity index (χ3n) is 4.30. The first-order chi connectivity index (χ1) is 12.0. The van der Waals surface area contributed by atoms with E-state index in [-0.39, 0.29) is 23.7 Å². The zero-order chi connectivity index (χ0) is 17.8. The first-order valence-corrected chi connectivity index (χ1v) is 8.52. The van der Waals surface area contributed by atoms with Crippen LogP contribution in [0.2, 0.25) is 5.02 Å². The van der Waals surface area contributed by atoms with Crippen molar-refractivity contribution in [3.8, 4) is 0 Å². The van der Waals surface area contributed by atoms with E-state index in [0.29, 0.717) is 42.1 Å². The molecule has 6 heteroatoms. The van der Waals surface area contributed by atoms with Gasteiger partial charge in [0.1, 0.15) is 5.82 Å². The molecule has 3 rings (SSSR count). The van der Waals surface area contributed by atoms with Crippen LogP contribution >= 0.6 is 11.6 Å². The van der Waals surface area contributed by atoms with E-state index in [0.717, 1.165) is 0 Å². The summed E-state index contributed by atoms with van der Waals surface area (Å²) in [5, 5.41) is 3.50. The number of piperidine rings is 1. The van der Waals surface area contributed by atoms with Crippen molar-refractivity contribution in [3.63, 3.8) is 0 Å². The molecule has 0 spiro atoms. The minimum absolute atomic E-state index is 0.0174. The van der Waals surface area contributed by atoms with Crippen molar-refractivity contribution in [2.45, 2.75) is 18.9 Å². The molecule has 1 N–H and O–H groups in total. The molecule has 4 nitrogen and oxygen atoms in total. The summed E-state index contributed by atoms with van der Waals surface area (Å²) in [6, 6.07) is 12.4. The number of rotatable bonds is 3. The molecule has 2 amide bonds. The van der Waals surface area contributed by atoms with Crippen LogP contribution in [0.4, 0.5) is 4.39 Å². The molecule has 0 bridgehead atoms. The number of amides is 2. The van der Waals surface area contributed by atoms with Crippen molar-refractivity contribution in [2.24, 2.45) is 0 Å². The van der Waals surface area contributed by atoms with Crippen molar-refractivity contribution < 1.29 is 14.0 Å². The Balaban J connectivity index is 1.54. The van der Waals surface area contributed by atoms with Gasteiger partial charge in [-0.3, -0.25) is 9.59 Å². The number of nitrogens with one attached hydrogen (secondary N) is 1. The highest BCUT2D eigenvalue weighted by Gasteiger charge is 2.24. The van der Waals surface area contributed by atoms with Gasteiger partial charge in [0.2, 0.25) is 0 Å². The van der Waals surface area contributed by atoms with E-state index in [4.69, 9.17) is 11.6 Å². The first-order valence-electron chi connectivity index (χ1n) is 8.14. The molecule has 2 aromatic carbocycles. The fourth-order valence-corrected chi connectivity index (χ4v) is 3.09. The molecule has 0 aromatic heterocycles. The maximum absolute atomic E-state index is 13.0. The maximum atomic E-state index is 13.0. The molecule has 0 unspecified atom stereocenters. The molecule has 130 valence electrons.